The van der Waals surface area contributed by atoms with Gasteiger partial charge in [-0.1, -0.05) is 31.0 Å². The molecule has 2 atom stereocenters. The summed E-state index contributed by atoms with van der Waals surface area (Å²) in [4.78, 5) is 42.4. The van der Waals surface area contributed by atoms with Crippen molar-refractivity contribution in [2.75, 3.05) is 18.1 Å². The number of fused-ring (bicyclic) bond motifs is 1. The summed E-state index contributed by atoms with van der Waals surface area (Å²) in [6.45, 7) is 1.32. The van der Waals surface area contributed by atoms with Crippen LogP contribution in [0, 0.1) is 0 Å². The van der Waals surface area contributed by atoms with E-state index < -0.39 is 27.3 Å². The van der Waals surface area contributed by atoms with Gasteiger partial charge >= 0.3 is 6.03 Å². The average Bonchev–Trinajstić information content (AvgIpc) is 3.54. The van der Waals surface area contributed by atoms with Crippen molar-refractivity contribution in [3.63, 3.8) is 0 Å². The molecule has 8 nitrogen and oxygen atoms in total. The molecule has 5 rings (SSSR count). The second-order valence-electron chi connectivity index (χ2n) is 10.1. The van der Waals surface area contributed by atoms with Crippen molar-refractivity contribution < 1.29 is 22.8 Å². The van der Waals surface area contributed by atoms with Crippen molar-refractivity contribution in [2.24, 2.45) is 0 Å². The van der Waals surface area contributed by atoms with Crippen LogP contribution >= 0.6 is 0 Å². The van der Waals surface area contributed by atoms with Crippen LogP contribution in [-0.2, 0) is 37.8 Å². The Hall–Kier alpha value is -2.42. The molecule has 2 saturated heterocycles. The molecule has 33 heavy (non-hydrogen) atoms. The molecule has 9 heteroatoms. The molecule has 178 valence electrons. The molecule has 2 heterocycles. The SMILES string of the molecule is CC1(c2ccc3c(c2)CCC3)NC(=O)N(CC(=O)N(C2CCCC2)C2CCS(=O)(=O)C2)C1=O. The molecule has 1 saturated carbocycles. The number of nitrogens with zero attached hydrogens (tertiary/aromatic N) is 2. The van der Waals surface area contributed by atoms with Gasteiger partial charge in [-0.25, -0.2) is 13.2 Å². The van der Waals surface area contributed by atoms with Gasteiger partial charge in [0.15, 0.2) is 9.84 Å². The van der Waals surface area contributed by atoms with Crippen LogP contribution in [0.5, 0.6) is 0 Å². The molecule has 2 aliphatic carbocycles. The first-order valence-corrected chi connectivity index (χ1v) is 13.8. The largest absolute Gasteiger partial charge is 0.334 e. The van der Waals surface area contributed by atoms with E-state index in [1.54, 1.807) is 11.8 Å². The minimum atomic E-state index is -3.17. The molecular weight excluding hydrogens is 442 g/mol. The monoisotopic (exact) mass is 473 g/mol. The van der Waals surface area contributed by atoms with Gasteiger partial charge < -0.3 is 10.2 Å². The highest BCUT2D eigenvalue weighted by Gasteiger charge is 2.50. The number of nitrogens with one attached hydrogen (secondary N) is 1. The molecule has 0 radical (unpaired) electrons. The Morgan fingerprint density at radius 1 is 1.09 bits per heavy atom. The maximum atomic E-state index is 13.4. The smallest absolute Gasteiger partial charge is 0.325 e. The van der Waals surface area contributed by atoms with Crippen LogP contribution in [-0.4, -0.2) is 66.2 Å². The van der Waals surface area contributed by atoms with E-state index in [0.29, 0.717) is 6.42 Å². The molecule has 2 aliphatic heterocycles. The van der Waals surface area contributed by atoms with E-state index in [2.05, 4.69) is 5.32 Å². The highest BCUT2D eigenvalue weighted by Crippen LogP contribution is 2.34. The molecule has 1 N–H and O–H groups in total. The minimum Gasteiger partial charge on any atom is -0.334 e. The summed E-state index contributed by atoms with van der Waals surface area (Å²) in [5.41, 5.74) is 2.00. The summed E-state index contributed by atoms with van der Waals surface area (Å²) in [5.74, 6) is -0.745. The minimum absolute atomic E-state index is 0.0281. The average molecular weight is 474 g/mol. The third-order valence-electron chi connectivity index (χ3n) is 7.85. The first-order valence-electron chi connectivity index (χ1n) is 12.0. The topological polar surface area (TPSA) is 104 Å². The number of urea groups is 1. The van der Waals surface area contributed by atoms with E-state index in [4.69, 9.17) is 0 Å². The van der Waals surface area contributed by atoms with Gasteiger partial charge in [0, 0.05) is 12.1 Å². The lowest BCUT2D eigenvalue weighted by atomic mass is 9.89. The number of benzene rings is 1. The van der Waals surface area contributed by atoms with Gasteiger partial charge in [0.05, 0.1) is 11.5 Å². The van der Waals surface area contributed by atoms with Crippen LogP contribution < -0.4 is 5.32 Å². The Bertz CT molecular complexity index is 1110. The first kappa shape index (κ1) is 22.4. The third kappa shape index (κ3) is 3.94. The normalized spacial score (nSPS) is 28.9. The number of hydrogen-bond donors (Lipinski definition) is 1. The van der Waals surface area contributed by atoms with Crippen LogP contribution in [0.25, 0.3) is 0 Å². The van der Waals surface area contributed by atoms with Crippen LogP contribution in [0.1, 0.15) is 62.1 Å². The highest BCUT2D eigenvalue weighted by atomic mass is 32.2. The third-order valence-corrected chi connectivity index (χ3v) is 9.60. The molecule has 3 fully saturated rings. The van der Waals surface area contributed by atoms with Gasteiger partial charge in [-0.15, -0.1) is 0 Å². The fraction of sp³-hybridized carbons (Fsp3) is 0.625. The quantitative estimate of drug-likeness (QED) is 0.658. The zero-order valence-corrected chi connectivity index (χ0v) is 19.8. The summed E-state index contributed by atoms with van der Waals surface area (Å²) >= 11 is 0. The maximum absolute atomic E-state index is 13.4. The van der Waals surface area contributed by atoms with E-state index in [1.807, 2.05) is 18.2 Å². The molecular formula is C24H31N3O5S. The van der Waals surface area contributed by atoms with Crippen molar-refractivity contribution in [1.29, 1.82) is 0 Å². The summed E-state index contributed by atoms with van der Waals surface area (Å²) in [6, 6.07) is 4.93. The van der Waals surface area contributed by atoms with Gasteiger partial charge in [-0.3, -0.25) is 14.5 Å². The van der Waals surface area contributed by atoms with Crippen molar-refractivity contribution in [3.05, 3.63) is 34.9 Å². The second kappa shape index (κ2) is 8.11. The predicted molar refractivity (Wildman–Crippen MR) is 122 cm³/mol. The fourth-order valence-corrected chi connectivity index (χ4v) is 7.73. The molecule has 2 unspecified atom stereocenters. The lowest BCUT2D eigenvalue weighted by Gasteiger charge is -2.35. The summed E-state index contributed by atoms with van der Waals surface area (Å²) in [6.07, 6.45) is 7.14. The lowest BCUT2D eigenvalue weighted by molar-refractivity contribution is -0.141. The van der Waals surface area contributed by atoms with E-state index in [0.717, 1.165) is 55.4 Å². The Morgan fingerprint density at radius 2 is 1.82 bits per heavy atom. The maximum Gasteiger partial charge on any atom is 0.325 e. The number of amides is 4. The highest BCUT2D eigenvalue weighted by molar-refractivity contribution is 7.91. The Balaban J connectivity index is 1.37. The lowest BCUT2D eigenvalue weighted by Crippen LogP contribution is -2.51. The Morgan fingerprint density at radius 3 is 2.52 bits per heavy atom. The zero-order valence-electron chi connectivity index (χ0n) is 19.0. The number of imide groups is 1. The number of aryl methyl sites for hydroxylation is 2. The van der Waals surface area contributed by atoms with Gasteiger partial charge in [0.2, 0.25) is 5.91 Å². The van der Waals surface area contributed by atoms with E-state index in [1.165, 1.54) is 11.1 Å². The van der Waals surface area contributed by atoms with Crippen molar-refractivity contribution >= 4 is 27.7 Å². The summed E-state index contributed by atoms with van der Waals surface area (Å²) < 4.78 is 24.2. The van der Waals surface area contributed by atoms with E-state index in [-0.39, 0.29) is 36.0 Å². The molecule has 1 aromatic carbocycles. The fourth-order valence-electron chi connectivity index (χ4n) is 6.02. The van der Waals surface area contributed by atoms with Gasteiger partial charge in [0.1, 0.15) is 12.1 Å². The van der Waals surface area contributed by atoms with Crippen molar-refractivity contribution in [3.8, 4) is 0 Å². The molecule has 0 aromatic heterocycles. The second-order valence-corrected chi connectivity index (χ2v) is 12.3. The standard InChI is InChI=1S/C24H31N3O5S/c1-24(18-10-9-16-5-4-6-17(16)13-18)22(29)26(23(30)25-24)14-21(28)27(19-7-2-3-8-19)20-11-12-33(31,32)15-20/h9-10,13,19-20H,2-8,11-12,14-15H2,1H3,(H,25,30). The van der Waals surface area contributed by atoms with Crippen LogP contribution in [0.3, 0.4) is 0 Å². The van der Waals surface area contributed by atoms with Gasteiger partial charge in [0.25, 0.3) is 5.91 Å². The van der Waals surface area contributed by atoms with E-state index in [9.17, 15) is 22.8 Å². The Labute approximate surface area is 194 Å². The number of carbonyl (C=O) groups excluding carboxylic acids is 3. The number of hydrogen-bond acceptors (Lipinski definition) is 5. The van der Waals surface area contributed by atoms with Crippen molar-refractivity contribution in [1.82, 2.24) is 15.1 Å². The van der Waals surface area contributed by atoms with Gasteiger partial charge in [-0.2, -0.15) is 0 Å². The molecule has 0 bridgehead atoms. The van der Waals surface area contributed by atoms with Crippen LogP contribution in [0.15, 0.2) is 18.2 Å². The summed E-state index contributed by atoms with van der Waals surface area (Å²) in [5, 5.41) is 2.80. The Kier molecular flexibility index (Phi) is 5.50. The van der Waals surface area contributed by atoms with Crippen LogP contribution in [0.4, 0.5) is 4.79 Å². The van der Waals surface area contributed by atoms with Crippen molar-refractivity contribution in [2.45, 2.75) is 75.9 Å². The number of sulfone groups is 1. The molecule has 0 spiro atoms. The predicted octanol–water partition coefficient (Wildman–Crippen LogP) is 1.90. The number of carbonyl (C=O) groups is 3. The van der Waals surface area contributed by atoms with Gasteiger partial charge in [-0.05, 0) is 62.1 Å². The number of rotatable bonds is 5. The first-order chi connectivity index (χ1) is 15.7. The summed E-state index contributed by atoms with van der Waals surface area (Å²) in [7, 11) is -3.17. The molecule has 4 aliphatic rings. The zero-order chi connectivity index (χ0) is 23.4. The van der Waals surface area contributed by atoms with E-state index >= 15 is 0 Å². The molecule has 4 amide bonds. The molecule has 1 aromatic rings. The van der Waals surface area contributed by atoms with Crippen LogP contribution in [0.2, 0.25) is 0 Å².